The van der Waals surface area contributed by atoms with Crippen LogP contribution in [0.1, 0.15) is 5.69 Å². The van der Waals surface area contributed by atoms with E-state index in [1.165, 1.54) is 35.6 Å². The van der Waals surface area contributed by atoms with E-state index in [1.54, 1.807) is 18.2 Å². The van der Waals surface area contributed by atoms with Gasteiger partial charge in [0.1, 0.15) is 0 Å². The van der Waals surface area contributed by atoms with Gasteiger partial charge in [-0.3, -0.25) is 5.32 Å². The van der Waals surface area contributed by atoms with Crippen LogP contribution in [0.15, 0.2) is 54.7 Å². The first-order chi connectivity index (χ1) is 13.8. The van der Waals surface area contributed by atoms with Crippen LogP contribution in [0.2, 0.25) is 5.02 Å². The lowest BCUT2D eigenvalue weighted by atomic mass is 10.3. The molecule has 0 aliphatic carbocycles. The summed E-state index contributed by atoms with van der Waals surface area (Å²) < 4.78 is 47.2. The number of rotatable bonds is 3. The molecule has 0 unspecified atom stereocenters. The molecule has 2 aromatic carbocycles. The Morgan fingerprint density at radius 2 is 1.86 bits per heavy atom. The molecule has 4 rings (SSSR count). The summed E-state index contributed by atoms with van der Waals surface area (Å²) in [4.78, 5) is 16.3. The molecule has 6 nitrogen and oxygen atoms in total. The van der Waals surface area contributed by atoms with E-state index >= 15 is 0 Å². The zero-order valence-electron chi connectivity index (χ0n) is 14.3. The van der Waals surface area contributed by atoms with Crippen LogP contribution >= 0.6 is 22.9 Å². The number of hydrogen-bond acceptors (Lipinski definition) is 5. The van der Waals surface area contributed by atoms with E-state index in [1.807, 2.05) is 6.07 Å². The zero-order valence-corrected chi connectivity index (χ0v) is 15.8. The molecule has 0 radical (unpaired) electrons. The molecule has 148 valence electrons. The van der Waals surface area contributed by atoms with Crippen LogP contribution in [0.3, 0.4) is 0 Å². The SMILES string of the molecule is O=C(Nc1nc2ccccc2s1)Oc1cnn(-c2ccc(Cl)cc2)c1C(F)(F)F. The standard InChI is InChI=1S/C18H10ClF3N4O2S/c19-10-5-7-11(8-6-10)26-15(18(20,21)22)13(9-23-26)28-17(27)25-16-24-12-3-1-2-4-14(12)29-16/h1-9H,(H,24,25,27). The number of para-hydroxylation sites is 1. The maximum atomic E-state index is 13.6. The van der Waals surface area contributed by atoms with Crippen molar-refractivity contribution in [3.63, 3.8) is 0 Å². The van der Waals surface area contributed by atoms with Crippen molar-refractivity contribution >= 4 is 44.4 Å². The average molecular weight is 439 g/mol. The number of anilines is 1. The van der Waals surface area contributed by atoms with E-state index < -0.39 is 23.7 Å². The summed E-state index contributed by atoms with van der Waals surface area (Å²) in [7, 11) is 0. The van der Waals surface area contributed by atoms with Crippen molar-refractivity contribution < 1.29 is 22.7 Å². The van der Waals surface area contributed by atoms with Crippen molar-refractivity contribution in [2.45, 2.75) is 6.18 Å². The third-order valence-corrected chi connectivity index (χ3v) is 4.98. The van der Waals surface area contributed by atoms with Crippen LogP contribution in [0, 0.1) is 0 Å². The first kappa shape index (κ1) is 19.2. The minimum Gasteiger partial charge on any atom is -0.406 e. The smallest absolute Gasteiger partial charge is 0.406 e. The molecule has 0 atom stereocenters. The van der Waals surface area contributed by atoms with Gasteiger partial charge in [0.05, 0.1) is 22.1 Å². The second-order valence-electron chi connectivity index (χ2n) is 5.74. The molecule has 0 fully saturated rings. The molecule has 4 aromatic rings. The first-order valence-corrected chi connectivity index (χ1v) is 9.26. The average Bonchev–Trinajstić information content (AvgIpc) is 3.25. The van der Waals surface area contributed by atoms with Crippen LogP contribution in [0.4, 0.5) is 23.1 Å². The summed E-state index contributed by atoms with van der Waals surface area (Å²) >= 11 is 6.95. The van der Waals surface area contributed by atoms with Crippen LogP contribution in [-0.2, 0) is 6.18 Å². The van der Waals surface area contributed by atoms with Gasteiger partial charge in [-0.25, -0.2) is 14.5 Å². The Kier molecular flexibility index (Phi) is 4.89. The Balaban J connectivity index is 1.60. The van der Waals surface area contributed by atoms with Gasteiger partial charge in [0.2, 0.25) is 0 Å². The van der Waals surface area contributed by atoms with Crippen LogP contribution in [0.5, 0.6) is 5.75 Å². The maximum absolute atomic E-state index is 13.6. The molecule has 2 aromatic heterocycles. The third-order valence-electron chi connectivity index (χ3n) is 3.78. The van der Waals surface area contributed by atoms with E-state index in [4.69, 9.17) is 16.3 Å². The molecule has 0 spiro atoms. The number of benzene rings is 2. The van der Waals surface area contributed by atoms with E-state index in [9.17, 15) is 18.0 Å². The summed E-state index contributed by atoms with van der Waals surface area (Å²) in [5.41, 5.74) is -0.457. The number of ether oxygens (including phenoxy) is 1. The predicted molar refractivity (Wildman–Crippen MR) is 103 cm³/mol. The minimum atomic E-state index is -4.82. The van der Waals surface area contributed by atoms with Gasteiger partial charge in [-0.1, -0.05) is 35.1 Å². The van der Waals surface area contributed by atoms with E-state index in [0.29, 0.717) is 15.2 Å². The molecule has 1 amide bonds. The van der Waals surface area contributed by atoms with Crippen molar-refractivity contribution in [3.8, 4) is 11.4 Å². The number of hydrogen-bond donors (Lipinski definition) is 1. The van der Waals surface area contributed by atoms with Gasteiger partial charge in [-0.2, -0.15) is 18.3 Å². The number of amides is 1. The van der Waals surface area contributed by atoms with Crippen molar-refractivity contribution in [1.82, 2.24) is 14.8 Å². The van der Waals surface area contributed by atoms with Gasteiger partial charge >= 0.3 is 12.3 Å². The fraction of sp³-hybridized carbons (Fsp3) is 0.0556. The molecular formula is C18H10ClF3N4O2S. The van der Waals surface area contributed by atoms with Gasteiger partial charge in [-0.15, -0.1) is 0 Å². The Bertz CT molecular complexity index is 1160. The van der Waals surface area contributed by atoms with Crippen molar-refractivity contribution in [2.24, 2.45) is 0 Å². The number of aromatic nitrogens is 3. The number of thiazole rings is 1. The highest BCUT2D eigenvalue weighted by Gasteiger charge is 2.40. The minimum absolute atomic E-state index is 0.114. The lowest BCUT2D eigenvalue weighted by molar-refractivity contribution is -0.143. The van der Waals surface area contributed by atoms with E-state index in [0.717, 1.165) is 10.9 Å². The lowest BCUT2D eigenvalue weighted by Crippen LogP contribution is -2.20. The van der Waals surface area contributed by atoms with Gasteiger partial charge in [0.15, 0.2) is 16.6 Å². The number of nitrogens with zero attached hydrogens (tertiary/aromatic N) is 3. The van der Waals surface area contributed by atoms with Gasteiger partial charge < -0.3 is 4.74 Å². The molecule has 0 aliphatic rings. The molecule has 0 saturated carbocycles. The van der Waals surface area contributed by atoms with Crippen molar-refractivity contribution in [3.05, 3.63) is 65.4 Å². The fourth-order valence-electron chi connectivity index (χ4n) is 2.58. The molecule has 2 heterocycles. The topological polar surface area (TPSA) is 69.0 Å². The summed E-state index contributed by atoms with van der Waals surface area (Å²) in [5, 5.41) is 6.62. The Morgan fingerprint density at radius 3 is 2.55 bits per heavy atom. The summed E-state index contributed by atoms with van der Waals surface area (Å²) in [6, 6.07) is 12.7. The highest BCUT2D eigenvalue weighted by Crippen LogP contribution is 2.38. The van der Waals surface area contributed by atoms with Gasteiger partial charge in [-0.05, 0) is 36.4 Å². The van der Waals surface area contributed by atoms with Crippen molar-refractivity contribution in [1.29, 1.82) is 0 Å². The van der Waals surface area contributed by atoms with Crippen LogP contribution in [0.25, 0.3) is 15.9 Å². The number of nitrogens with one attached hydrogen (secondary N) is 1. The summed E-state index contributed by atoms with van der Waals surface area (Å²) in [5.74, 6) is -0.730. The Morgan fingerprint density at radius 1 is 1.14 bits per heavy atom. The molecule has 1 N–H and O–H groups in total. The highest BCUT2D eigenvalue weighted by molar-refractivity contribution is 7.22. The Hall–Kier alpha value is -3.11. The number of alkyl halides is 3. The van der Waals surface area contributed by atoms with E-state index in [-0.39, 0.29) is 10.8 Å². The lowest BCUT2D eigenvalue weighted by Gasteiger charge is -2.12. The monoisotopic (exact) mass is 438 g/mol. The highest BCUT2D eigenvalue weighted by atomic mass is 35.5. The first-order valence-electron chi connectivity index (χ1n) is 8.07. The van der Waals surface area contributed by atoms with Crippen LogP contribution < -0.4 is 10.1 Å². The fourth-order valence-corrected chi connectivity index (χ4v) is 3.56. The number of carbonyl (C=O) groups excluding carboxylic acids is 1. The maximum Gasteiger partial charge on any atom is 0.437 e. The molecule has 0 bridgehead atoms. The number of carbonyl (C=O) groups is 1. The predicted octanol–water partition coefficient (Wildman–Crippen LogP) is 5.77. The number of halogens is 4. The quantitative estimate of drug-likeness (QED) is 0.441. The second-order valence-corrected chi connectivity index (χ2v) is 7.21. The summed E-state index contributed by atoms with van der Waals surface area (Å²) in [6.45, 7) is 0. The van der Waals surface area contributed by atoms with E-state index in [2.05, 4.69) is 15.4 Å². The van der Waals surface area contributed by atoms with Gasteiger partial charge in [0, 0.05) is 5.02 Å². The zero-order chi connectivity index (χ0) is 20.6. The summed E-state index contributed by atoms with van der Waals surface area (Å²) in [6.07, 6.45) is -5.10. The third kappa shape index (κ3) is 4.03. The molecule has 29 heavy (non-hydrogen) atoms. The molecule has 11 heteroatoms. The van der Waals surface area contributed by atoms with Gasteiger partial charge in [0.25, 0.3) is 0 Å². The normalized spacial score (nSPS) is 11.6. The molecule has 0 saturated heterocycles. The Labute approximate surface area is 170 Å². The number of fused-ring (bicyclic) bond motifs is 1. The molecular weight excluding hydrogens is 429 g/mol. The largest absolute Gasteiger partial charge is 0.437 e. The van der Waals surface area contributed by atoms with Crippen molar-refractivity contribution in [2.75, 3.05) is 5.32 Å². The molecule has 0 aliphatic heterocycles. The second kappa shape index (κ2) is 7.37. The van der Waals surface area contributed by atoms with Crippen LogP contribution in [-0.4, -0.2) is 20.9 Å².